The summed E-state index contributed by atoms with van der Waals surface area (Å²) in [6, 6.07) is 1.92. The lowest BCUT2D eigenvalue weighted by atomic mass is 10.1. The Morgan fingerprint density at radius 2 is 1.78 bits per heavy atom. The summed E-state index contributed by atoms with van der Waals surface area (Å²) in [5.41, 5.74) is 4.40. The average molecular weight is 397 g/mol. The molecule has 0 fully saturated rings. The molecule has 0 aliphatic carbocycles. The fraction of sp³-hybridized carbons (Fsp3) is 0.556. The summed E-state index contributed by atoms with van der Waals surface area (Å²) in [5, 5.41) is 10.6. The number of methoxy groups -OCH3 is 1. The van der Waals surface area contributed by atoms with Crippen molar-refractivity contribution >= 4 is 18.3 Å². The molecule has 0 unspecified atom stereocenters. The van der Waals surface area contributed by atoms with Crippen LogP contribution >= 0.6 is 12.4 Å². The molecule has 2 rings (SSSR count). The molecular weight excluding hydrogens is 368 g/mol. The van der Waals surface area contributed by atoms with Gasteiger partial charge in [0.2, 0.25) is 5.91 Å². The van der Waals surface area contributed by atoms with Crippen LogP contribution in [0.2, 0.25) is 0 Å². The normalized spacial score (nSPS) is 10.6. The van der Waals surface area contributed by atoms with E-state index in [9.17, 15) is 4.79 Å². The Kier molecular flexibility index (Phi) is 9.34. The van der Waals surface area contributed by atoms with E-state index in [-0.39, 0.29) is 18.3 Å². The topological polar surface area (TPSA) is 94.0 Å². The van der Waals surface area contributed by atoms with Gasteiger partial charge in [-0.3, -0.25) is 4.79 Å². The van der Waals surface area contributed by atoms with Crippen molar-refractivity contribution in [3.8, 4) is 5.95 Å². The zero-order valence-electron chi connectivity index (χ0n) is 16.6. The van der Waals surface area contributed by atoms with E-state index in [1.54, 1.807) is 11.8 Å². The van der Waals surface area contributed by atoms with Gasteiger partial charge in [-0.2, -0.15) is 5.10 Å². The number of hydrogen-bond donors (Lipinski definition) is 2. The van der Waals surface area contributed by atoms with Crippen molar-refractivity contribution < 1.29 is 9.53 Å². The highest BCUT2D eigenvalue weighted by atomic mass is 35.5. The fourth-order valence-electron chi connectivity index (χ4n) is 2.74. The summed E-state index contributed by atoms with van der Waals surface area (Å²) in [6.45, 7) is 10.4. The lowest BCUT2D eigenvalue weighted by molar-refractivity contribution is -0.120. The van der Waals surface area contributed by atoms with Crippen molar-refractivity contribution in [3.05, 3.63) is 34.4 Å². The number of aromatic nitrogens is 4. The molecule has 1 amide bonds. The van der Waals surface area contributed by atoms with Crippen LogP contribution in [0.5, 0.6) is 0 Å². The van der Waals surface area contributed by atoms with Gasteiger partial charge < -0.3 is 15.4 Å². The Morgan fingerprint density at radius 1 is 1.11 bits per heavy atom. The van der Waals surface area contributed by atoms with E-state index < -0.39 is 0 Å². The van der Waals surface area contributed by atoms with Gasteiger partial charge in [-0.25, -0.2) is 14.6 Å². The number of aryl methyl sites for hydroxylation is 3. The number of nitrogens with one attached hydrogen (secondary N) is 2. The van der Waals surface area contributed by atoms with Gasteiger partial charge in [0.15, 0.2) is 0 Å². The van der Waals surface area contributed by atoms with Crippen LogP contribution in [-0.2, 0) is 16.0 Å². The molecule has 9 heteroatoms. The van der Waals surface area contributed by atoms with Crippen LogP contribution in [0.4, 0.5) is 0 Å². The summed E-state index contributed by atoms with van der Waals surface area (Å²) in [7, 11) is 1.66. The first kappa shape index (κ1) is 23.0. The van der Waals surface area contributed by atoms with Crippen LogP contribution in [-0.4, -0.2) is 59.0 Å². The standard InChI is InChI=1S/C18H28N6O2.ClH/c1-12-10-13(2)22-18(21-12)24-15(4)16(14(3)23-24)11-17(25)20-7-6-19-8-9-26-5;/h10,19H,6-9,11H2,1-5H3,(H,20,25);1H. The molecule has 0 aliphatic heterocycles. The molecule has 8 nitrogen and oxygen atoms in total. The number of halogens is 1. The average Bonchev–Trinajstić information content (AvgIpc) is 2.85. The van der Waals surface area contributed by atoms with E-state index >= 15 is 0 Å². The zero-order valence-corrected chi connectivity index (χ0v) is 17.4. The minimum Gasteiger partial charge on any atom is -0.383 e. The minimum atomic E-state index is -0.0226. The largest absolute Gasteiger partial charge is 0.383 e. The Bertz CT molecular complexity index is 742. The molecule has 0 atom stereocenters. The van der Waals surface area contributed by atoms with Crippen molar-refractivity contribution in [1.82, 2.24) is 30.4 Å². The van der Waals surface area contributed by atoms with Crippen LogP contribution in [0, 0.1) is 27.7 Å². The predicted molar refractivity (Wildman–Crippen MR) is 107 cm³/mol. The monoisotopic (exact) mass is 396 g/mol. The van der Waals surface area contributed by atoms with Gasteiger partial charge in [-0.1, -0.05) is 0 Å². The van der Waals surface area contributed by atoms with E-state index in [2.05, 4.69) is 25.7 Å². The highest BCUT2D eigenvalue weighted by Crippen LogP contribution is 2.17. The molecule has 0 spiro atoms. The molecule has 27 heavy (non-hydrogen) atoms. The van der Waals surface area contributed by atoms with Gasteiger partial charge in [0, 0.05) is 49.4 Å². The first-order chi connectivity index (χ1) is 12.4. The van der Waals surface area contributed by atoms with Crippen molar-refractivity contribution in [2.24, 2.45) is 0 Å². The third-order valence-electron chi connectivity index (χ3n) is 4.05. The van der Waals surface area contributed by atoms with Crippen molar-refractivity contribution in [1.29, 1.82) is 0 Å². The lowest BCUT2D eigenvalue weighted by Crippen LogP contribution is -2.34. The maximum Gasteiger partial charge on any atom is 0.251 e. The van der Waals surface area contributed by atoms with Gasteiger partial charge in [-0.05, 0) is 33.8 Å². The molecule has 0 saturated heterocycles. The van der Waals surface area contributed by atoms with Crippen molar-refractivity contribution in [2.75, 3.05) is 33.4 Å². The summed E-state index contributed by atoms with van der Waals surface area (Å²) < 4.78 is 6.67. The van der Waals surface area contributed by atoms with E-state index in [4.69, 9.17) is 4.74 Å². The van der Waals surface area contributed by atoms with E-state index in [1.165, 1.54) is 0 Å². The Morgan fingerprint density at radius 3 is 2.41 bits per heavy atom. The maximum absolute atomic E-state index is 12.2. The van der Waals surface area contributed by atoms with Crippen LogP contribution in [0.25, 0.3) is 5.95 Å². The molecule has 0 saturated carbocycles. The highest BCUT2D eigenvalue weighted by molar-refractivity contribution is 5.85. The highest BCUT2D eigenvalue weighted by Gasteiger charge is 2.17. The smallest absolute Gasteiger partial charge is 0.251 e. The van der Waals surface area contributed by atoms with E-state index in [0.717, 1.165) is 34.9 Å². The molecule has 150 valence electrons. The minimum absolute atomic E-state index is 0. The molecule has 0 aliphatic rings. The lowest BCUT2D eigenvalue weighted by Gasteiger charge is -2.08. The van der Waals surface area contributed by atoms with E-state index in [1.807, 2.05) is 33.8 Å². The number of carbonyl (C=O) groups is 1. The molecule has 0 radical (unpaired) electrons. The molecule has 2 aromatic heterocycles. The number of carbonyl (C=O) groups excluding carboxylic acids is 1. The maximum atomic E-state index is 12.2. The second-order valence-corrected chi connectivity index (χ2v) is 6.28. The number of amides is 1. The second-order valence-electron chi connectivity index (χ2n) is 6.28. The van der Waals surface area contributed by atoms with Crippen molar-refractivity contribution in [3.63, 3.8) is 0 Å². The summed E-state index contributed by atoms with van der Waals surface area (Å²) in [6.07, 6.45) is 0.292. The Hall–Kier alpha value is -2.03. The predicted octanol–water partition coefficient (Wildman–Crippen LogP) is 1.21. The number of ether oxygens (including phenoxy) is 1. The van der Waals surface area contributed by atoms with Gasteiger partial charge in [0.1, 0.15) is 0 Å². The van der Waals surface area contributed by atoms with E-state index in [0.29, 0.717) is 32.1 Å². The van der Waals surface area contributed by atoms with Crippen LogP contribution in [0.3, 0.4) is 0 Å². The second kappa shape index (κ2) is 11.0. The van der Waals surface area contributed by atoms with Gasteiger partial charge in [0.05, 0.1) is 18.7 Å². The van der Waals surface area contributed by atoms with Gasteiger partial charge in [0.25, 0.3) is 5.95 Å². The number of hydrogen-bond acceptors (Lipinski definition) is 6. The molecule has 0 aromatic carbocycles. The third-order valence-corrected chi connectivity index (χ3v) is 4.05. The van der Waals surface area contributed by atoms with Gasteiger partial charge >= 0.3 is 0 Å². The van der Waals surface area contributed by atoms with Gasteiger partial charge in [-0.15, -0.1) is 12.4 Å². The quantitative estimate of drug-likeness (QED) is 0.619. The first-order valence-electron chi connectivity index (χ1n) is 8.76. The summed E-state index contributed by atoms with van der Waals surface area (Å²) in [4.78, 5) is 21.1. The molecule has 2 N–H and O–H groups in total. The molecule has 2 heterocycles. The summed E-state index contributed by atoms with van der Waals surface area (Å²) >= 11 is 0. The fourth-order valence-corrected chi connectivity index (χ4v) is 2.74. The van der Waals surface area contributed by atoms with Crippen LogP contribution in [0.1, 0.15) is 28.3 Å². The summed E-state index contributed by atoms with van der Waals surface area (Å²) in [5.74, 6) is 0.516. The molecule has 2 aromatic rings. The Labute approximate surface area is 166 Å². The third kappa shape index (κ3) is 6.57. The SMILES string of the molecule is COCCNCCNC(=O)Cc1c(C)nn(-c2nc(C)cc(C)n2)c1C.Cl. The number of nitrogens with zero attached hydrogens (tertiary/aromatic N) is 4. The van der Waals surface area contributed by atoms with Crippen LogP contribution in [0.15, 0.2) is 6.07 Å². The molecular formula is C18H29ClN6O2. The Balaban J connectivity index is 0.00000364. The molecule has 0 bridgehead atoms. The van der Waals surface area contributed by atoms with Crippen molar-refractivity contribution in [2.45, 2.75) is 34.1 Å². The zero-order chi connectivity index (χ0) is 19.1. The number of rotatable bonds is 9. The van der Waals surface area contributed by atoms with Crippen LogP contribution < -0.4 is 10.6 Å². The first-order valence-corrected chi connectivity index (χ1v) is 8.76.